The van der Waals surface area contributed by atoms with E-state index in [1.807, 2.05) is 32.4 Å². The molecule has 1 aromatic carbocycles. The van der Waals surface area contributed by atoms with Crippen LogP contribution in [0, 0.1) is 5.92 Å². The van der Waals surface area contributed by atoms with Crippen LogP contribution in [-0.4, -0.2) is 78.2 Å². The Morgan fingerprint density at radius 3 is 2.45 bits per heavy atom. The second-order valence-electron chi connectivity index (χ2n) is 9.07. The molecule has 4 atom stereocenters. The Kier molecular flexibility index (Phi) is 6.53. The molecule has 0 aliphatic carbocycles. The fraction of sp³-hybridized carbons (Fsp3) is 0.542. The lowest BCUT2D eigenvalue weighted by atomic mass is 9.91. The maximum absolute atomic E-state index is 13.0. The smallest absolute Gasteiger partial charge is 0.227 e. The Morgan fingerprint density at radius 2 is 1.77 bits per heavy atom. The third-order valence-corrected chi connectivity index (χ3v) is 6.15. The highest BCUT2D eigenvalue weighted by atomic mass is 16.5. The molecule has 2 aliphatic rings. The summed E-state index contributed by atoms with van der Waals surface area (Å²) < 4.78 is 5.86. The van der Waals surface area contributed by atoms with Gasteiger partial charge in [0.25, 0.3) is 0 Å². The van der Waals surface area contributed by atoms with Gasteiger partial charge in [-0.05, 0) is 25.5 Å². The minimum absolute atomic E-state index is 0.0521. The number of anilines is 1. The number of aromatic nitrogens is 2. The molecule has 4 rings (SSSR count). The van der Waals surface area contributed by atoms with Crippen LogP contribution in [0.2, 0.25) is 0 Å². The van der Waals surface area contributed by atoms with E-state index < -0.39 is 0 Å². The van der Waals surface area contributed by atoms with Crippen LogP contribution >= 0.6 is 0 Å². The summed E-state index contributed by atoms with van der Waals surface area (Å²) in [6, 6.07) is 12.4. The van der Waals surface area contributed by atoms with E-state index in [0.29, 0.717) is 0 Å². The molecular weight excluding hydrogens is 390 g/mol. The monoisotopic (exact) mass is 423 g/mol. The number of ether oxygens (including phenoxy) is 1. The number of carbonyl (C=O) groups is 1. The van der Waals surface area contributed by atoms with Crippen LogP contribution in [0.4, 0.5) is 5.95 Å². The van der Waals surface area contributed by atoms with Gasteiger partial charge in [0.1, 0.15) is 0 Å². The van der Waals surface area contributed by atoms with Crippen molar-refractivity contribution in [3.8, 4) is 0 Å². The first-order valence-corrected chi connectivity index (χ1v) is 11.1. The average Bonchev–Trinajstić information content (AvgIpc) is 3.17. The quantitative estimate of drug-likeness (QED) is 0.736. The molecule has 2 aromatic rings. The van der Waals surface area contributed by atoms with Gasteiger partial charge in [-0.25, -0.2) is 9.97 Å². The van der Waals surface area contributed by atoms with Crippen molar-refractivity contribution in [2.75, 3.05) is 45.2 Å². The zero-order valence-electron chi connectivity index (χ0n) is 18.9. The summed E-state index contributed by atoms with van der Waals surface area (Å²) in [5.74, 6) is 0.839. The minimum atomic E-state index is -0.107. The number of hydrogen-bond donors (Lipinski definition) is 0. The molecule has 2 aliphatic heterocycles. The Hall–Kier alpha value is -2.51. The standard InChI is InChI=1S/C24H33N5O2/c1-17-12-29(13-18(2)31-17)24-25-11-10-22(26-24)20-15-28(14-19-8-6-5-7-9-19)16-21(20)23(30)27(3)4/h5-11,17-18,20-21H,12-16H2,1-4H3/t17-,18-,20-,21-/m1/s1. The minimum Gasteiger partial charge on any atom is -0.372 e. The fourth-order valence-electron chi connectivity index (χ4n) is 4.80. The maximum Gasteiger partial charge on any atom is 0.227 e. The summed E-state index contributed by atoms with van der Waals surface area (Å²) in [4.78, 5) is 28.8. The van der Waals surface area contributed by atoms with Gasteiger partial charge in [0.2, 0.25) is 11.9 Å². The SMILES string of the molecule is C[C@@H]1CN(c2nccc([C@@H]3CN(Cc4ccccc4)C[C@H]3C(=O)N(C)C)n2)C[C@@H](C)O1. The Balaban J connectivity index is 1.57. The summed E-state index contributed by atoms with van der Waals surface area (Å²) in [5, 5.41) is 0. The molecule has 1 amide bonds. The number of likely N-dealkylation sites (tertiary alicyclic amines) is 1. The van der Waals surface area contributed by atoms with Gasteiger partial charge in [0, 0.05) is 58.9 Å². The van der Waals surface area contributed by atoms with Gasteiger partial charge in [-0.2, -0.15) is 0 Å². The second-order valence-corrected chi connectivity index (χ2v) is 9.07. The number of benzene rings is 1. The Morgan fingerprint density at radius 1 is 1.06 bits per heavy atom. The molecule has 0 unspecified atom stereocenters. The van der Waals surface area contributed by atoms with E-state index in [4.69, 9.17) is 9.72 Å². The molecule has 2 saturated heterocycles. The number of rotatable bonds is 5. The first-order chi connectivity index (χ1) is 14.9. The summed E-state index contributed by atoms with van der Waals surface area (Å²) in [7, 11) is 3.67. The lowest BCUT2D eigenvalue weighted by Gasteiger charge is -2.35. The first-order valence-electron chi connectivity index (χ1n) is 11.1. The molecule has 3 heterocycles. The summed E-state index contributed by atoms with van der Waals surface area (Å²) in [6.45, 7) is 8.10. The van der Waals surface area contributed by atoms with E-state index in [1.165, 1.54) is 5.56 Å². The van der Waals surface area contributed by atoms with Gasteiger partial charge < -0.3 is 14.5 Å². The van der Waals surface area contributed by atoms with E-state index in [0.717, 1.165) is 44.4 Å². The van der Waals surface area contributed by atoms with Crippen LogP contribution in [0.25, 0.3) is 0 Å². The van der Waals surface area contributed by atoms with Crippen LogP contribution in [0.5, 0.6) is 0 Å². The highest BCUT2D eigenvalue weighted by Gasteiger charge is 2.40. The van der Waals surface area contributed by atoms with Gasteiger partial charge in [0.05, 0.1) is 23.8 Å². The second kappa shape index (κ2) is 9.32. The van der Waals surface area contributed by atoms with Crippen LogP contribution in [0.3, 0.4) is 0 Å². The lowest BCUT2D eigenvalue weighted by Crippen LogP contribution is -2.46. The predicted molar refractivity (Wildman–Crippen MR) is 121 cm³/mol. The zero-order chi connectivity index (χ0) is 22.0. The predicted octanol–water partition coefficient (Wildman–Crippen LogP) is 2.39. The van der Waals surface area contributed by atoms with Gasteiger partial charge >= 0.3 is 0 Å². The lowest BCUT2D eigenvalue weighted by molar-refractivity contribution is -0.133. The van der Waals surface area contributed by atoms with Crippen LogP contribution < -0.4 is 4.90 Å². The van der Waals surface area contributed by atoms with Crippen molar-refractivity contribution in [2.45, 2.75) is 38.5 Å². The number of nitrogens with zero attached hydrogens (tertiary/aromatic N) is 5. The molecule has 7 heteroatoms. The highest BCUT2D eigenvalue weighted by molar-refractivity contribution is 5.80. The maximum atomic E-state index is 13.0. The van der Waals surface area contributed by atoms with Crippen molar-refractivity contribution >= 4 is 11.9 Å². The third kappa shape index (κ3) is 5.05. The molecule has 7 nitrogen and oxygen atoms in total. The largest absolute Gasteiger partial charge is 0.372 e. The zero-order valence-corrected chi connectivity index (χ0v) is 18.9. The Labute approximate surface area is 185 Å². The molecule has 1 aromatic heterocycles. The van der Waals surface area contributed by atoms with E-state index in [-0.39, 0.29) is 30.0 Å². The molecule has 0 radical (unpaired) electrons. The molecule has 31 heavy (non-hydrogen) atoms. The van der Waals surface area contributed by atoms with Gasteiger partial charge in [-0.15, -0.1) is 0 Å². The van der Waals surface area contributed by atoms with E-state index in [2.05, 4.69) is 52.9 Å². The molecule has 0 bridgehead atoms. The first kappa shape index (κ1) is 21.7. The van der Waals surface area contributed by atoms with Crippen molar-refractivity contribution in [2.24, 2.45) is 5.92 Å². The van der Waals surface area contributed by atoms with E-state index in [1.54, 1.807) is 4.90 Å². The average molecular weight is 424 g/mol. The van der Waals surface area contributed by atoms with E-state index >= 15 is 0 Å². The summed E-state index contributed by atoms with van der Waals surface area (Å²) >= 11 is 0. The van der Waals surface area contributed by atoms with Crippen molar-refractivity contribution in [3.63, 3.8) is 0 Å². The molecule has 0 saturated carbocycles. The van der Waals surface area contributed by atoms with E-state index in [9.17, 15) is 4.79 Å². The van der Waals surface area contributed by atoms with Crippen molar-refractivity contribution < 1.29 is 9.53 Å². The topological polar surface area (TPSA) is 61.8 Å². The normalized spacial score (nSPS) is 26.8. The fourth-order valence-corrected chi connectivity index (χ4v) is 4.80. The Bertz CT molecular complexity index is 881. The van der Waals surface area contributed by atoms with Crippen molar-refractivity contribution in [3.05, 3.63) is 53.9 Å². The molecular formula is C24H33N5O2. The van der Waals surface area contributed by atoms with Crippen molar-refractivity contribution in [1.29, 1.82) is 0 Å². The summed E-state index contributed by atoms with van der Waals surface area (Å²) in [6.07, 6.45) is 2.12. The number of carbonyl (C=O) groups excluding carboxylic acids is 1. The van der Waals surface area contributed by atoms with Crippen LogP contribution in [0.15, 0.2) is 42.6 Å². The number of hydrogen-bond acceptors (Lipinski definition) is 6. The molecule has 0 spiro atoms. The van der Waals surface area contributed by atoms with Crippen molar-refractivity contribution in [1.82, 2.24) is 19.8 Å². The van der Waals surface area contributed by atoms with Gasteiger partial charge in [0.15, 0.2) is 0 Å². The molecule has 2 fully saturated rings. The molecule has 0 N–H and O–H groups in total. The highest BCUT2D eigenvalue weighted by Crippen LogP contribution is 2.34. The van der Waals surface area contributed by atoms with Gasteiger partial charge in [-0.3, -0.25) is 9.69 Å². The number of morpholine rings is 1. The summed E-state index contributed by atoms with van der Waals surface area (Å²) in [5.41, 5.74) is 2.21. The van der Waals surface area contributed by atoms with Crippen LogP contribution in [0.1, 0.15) is 31.0 Å². The van der Waals surface area contributed by atoms with Gasteiger partial charge in [-0.1, -0.05) is 30.3 Å². The molecule has 166 valence electrons. The van der Waals surface area contributed by atoms with Crippen LogP contribution in [-0.2, 0) is 16.1 Å². The third-order valence-electron chi connectivity index (χ3n) is 6.15. The number of amides is 1.